The fourth-order valence-electron chi connectivity index (χ4n) is 5.41. The van der Waals surface area contributed by atoms with E-state index in [-0.39, 0.29) is 6.61 Å². The van der Waals surface area contributed by atoms with Crippen LogP contribution in [0.2, 0.25) is 0 Å². The van der Waals surface area contributed by atoms with E-state index in [2.05, 4.69) is 14.5 Å². The van der Waals surface area contributed by atoms with Crippen molar-refractivity contribution >= 4 is 11.9 Å². The number of aromatic nitrogens is 2. The number of pyridine rings is 2. The van der Waals surface area contributed by atoms with Crippen molar-refractivity contribution in [1.29, 1.82) is 0 Å². The summed E-state index contributed by atoms with van der Waals surface area (Å²) in [6, 6.07) is 29.8. The van der Waals surface area contributed by atoms with Gasteiger partial charge in [-0.2, -0.15) is 17.6 Å². The van der Waals surface area contributed by atoms with Crippen molar-refractivity contribution in [2.24, 2.45) is 0 Å². The van der Waals surface area contributed by atoms with Crippen LogP contribution in [-0.4, -0.2) is 29.3 Å². The lowest BCUT2D eigenvalue weighted by Gasteiger charge is -2.37. The fourth-order valence-corrected chi connectivity index (χ4v) is 5.41. The van der Waals surface area contributed by atoms with Gasteiger partial charge in [0.1, 0.15) is 12.4 Å². The topological polar surface area (TPSA) is 73.8 Å². The normalized spacial score (nSPS) is 12.1. The minimum atomic E-state index is -3.26. The summed E-state index contributed by atoms with van der Waals surface area (Å²) in [7, 11) is 0. The van der Waals surface area contributed by atoms with Gasteiger partial charge in [0.2, 0.25) is 0 Å². The molecular weight excluding hydrogens is 626 g/mol. The Balaban J connectivity index is 1.52. The largest absolute Gasteiger partial charge is 0.444 e. The number of ether oxygens (including phenoxy) is 3. The Morgan fingerprint density at radius 1 is 0.750 bits per heavy atom. The SMILES string of the molecule is CC(C)(c1ccccc1)N(C(=O)OCc1ccccc1)c1ccc(C(Cc2ccncc2)c2ccc(OC(F)F)c(OC(F)F)c2)cn1. The smallest absolute Gasteiger partial charge is 0.416 e. The first-order valence-corrected chi connectivity index (χ1v) is 15.1. The molecule has 1 amide bonds. The maximum absolute atomic E-state index is 13.8. The summed E-state index contributed by atoms with van der Waals surface area (Å²) >= 11 is 0. The Morgan fingerprint density at radius 2 is 1.38 bits per heavy atom. The van der Waals surface area contributed by atoms with Crippen molar-refractivity contribution < 1.29 is 36.6 Å². The number of alkyl halides is 4. The maximum atomic E-state index is 13.8. The van der Waals surface area contributed by atoms with Crippen molar-refractivity contribution in [3.63, 3.8) is 0 Å². The average molecular weight is 660 g/mol. The Kier molecular flexibility index (Phi) is 10.9. The molecule has 3 aromatic carbocycles. The van der Waals surface area contributed by atoms with Gasteiger partial charge in [-0.1, -0.05) is 72.8 Å². The van der Waals surface area contributed by atoms with Crippen molar-refractivity contribution in [3.05, 3.63) is 150 Å². The lowest BCUT2D eigenvalue weighted by molar-refractivity contribution is -0.0692. The predicted molar refractivity (Wildman–Crippen MR) is 172 cm³/mol. The number of hydrogen-bond acceptors (Lipinski definition) is 6. The monoisotopic (exact) mass is 659 g/mol. The highest BCUT2D eigenvalue weighted by Crippen LogP contribution is 2.38. The molecule has 5 rings (SSSR count). The van der Waals surface area contributed by atoms with E-state index >= 15 is 0 Å². The zero-order valence-corrected chi connectivity index (χ0v) is 26.2. The fraction of sp³-hybridized carbons (Fsp3) is 0.216. The Bertz CT molecular complexity index is 1760. The van der Waals surface area contributed by atoms with Crippen LogP contribution < -0.4 is 14.4 Å². The molecule has 1 atom stereocenters. The van der Waals surface area contributed by atoms with Crippen LogP contribution in [0.5, 0.6) is 11.5 Å². The van der Waals surface area contributed by atoms with E-state index < -0.39 is 42.3 Å². The van der Waals surface area contributed by atoms with Crippen LogP contribution >= 0.6 is 0 Å². The molecule has 0 aliphatic rings. The Labute approximate surface area is 275 Å². The Morgan fingerprint density at radius 3 is 2.00 bits per heavy atom. The molecule has 7 nitrogen and oxygen atoms in total. The molecule has 1 unspecified atom stereocenters. The molecule has 0 bridgehead atoms. The van der Waals surface area contributed by atoms with Gasteiger partial charge in [-0.3, -0.25) is 9.88 Å². The summed E-state index contributed by atoms with van der Waals surface area (Å²) in [5.41, 5.74) is 2.81. The molecule has 0 radical (unpaired) electrons. The van der Waals surface area contributed by atoms with Crippen molar-refractivity contribution in [3.8, 4) is 11.5 Å². The zero-order chi connectivity index (χ0) is 34.1. The van der Waals surface area contributed by atoms with Gasteiger partial charge in [0, 0.05) is 24.5 Å². The molecule has 48 heavy (non-hydrogen) atoms. The molecule has 0 N–H and O–H groups in total. The number of carbonyl (C=O) groups excluding carboxylic acids is 1. The average Bonchev–Trinajstić information content (AvgIpc) is 3.08. The van der Waals surface area contributed by atoms with E-state index in [4.69, 9.17) is 9.72 Å². The molecule has 0 spiro atoms. The van der Waals surface area contributed by atoms with Gasteiger partial charge in [-0.25, -0.2) is 9.78 Å². The van der Waals surface area contributed by atoms with Gasteiger partial charge in [0.15, 0.2) is 11.5 Å². The number of anilines is 1. The lowest BCUT2D eigenvalue weighted by atomic mass is 9.86. The van der Waals surface area contributed by atoms with E-state index in [1.807, 2.05) is 86.6 Å². The molecule has 0 aliphatic carbocycles. The lowest BCUT2D eigenvalue weighted by Crippen LogP contribution is -2.46. The van der Waals surface area contributed by atoms with Crippen LogP contribution in [0.1, 0.15) is 47.6 Å². The third-order valence-corrected chi connectivity index (χ3v) is 7.82. The second-order valence-corrected chi connectivity index (χ2v) is 11.3. The molecule has 0 fully saturated rings. The third-order valence-electron chi connectivity index (χ3n) is 7.82. The maximum Gasteiger partial charge on any atom is 0.416 e. The van der Waals surface area contributed by atoms with Crippen LogP contribution in [0.3, 0.4) is 0 Å². The van der Waals surface area contributed by atoms with E-state index in [0.29, 0.717) is 23.4 Å². The number of rotatable bonds is 13. The quantitative estimate of drug-likeness (QED) is 0.117. The summed E-state index contributed by atoms with van der Waals surface area (Å²) in [6.07, 6.45) is 4.62. The highest BCUT2D eigenvalue weighted by Gasteiger charge is 2.36. The molecule has 0 saturated heterocycles. The van der Waals surface area contributed by atoms with Gasteiger partial charge in [-0.05, 0) is 78.4 Å². The van der Waals surface area contributed by atoms with Crippen LogP contribution in [0, 0.1) is 0 Å². The second-order valence-electron chi connectivity index (χ2n) is 11.3. The highest BCUT2D eigenvalue weighted by atomic mass is 19.3. The van der Waals surface area contributed by atoms with Gasteiger partial charge < -0.3 is 14.2 Å². The van der Waals surface area contributed by atoms with Gasteiger partial charge >= 0.3 is 19.3 Å². The van der Waals surface area contributed by atoms with E-state index in [9.17, 15) is 22.4 Å². The molecule has 2 heterocycles. The van der Waals surface area contributed by atoms with E-state index in [1.54, 1.807) is 30.7 Å². The summed E-state index contributed by atoms with van der Waals surface area (Å²) in [4.78, 5) is 24.0. The number of benzene rings is 3. The number of halogens is 4. The minimum absolute atomic E-state index is 0.0570. The first-order valence-electron chi connectivity index (χ1n) is 15.1. The molecule has 11 heteroatoms. The molecule has 5 aromatic rings. The van der Waals surface area contributed by atoms with Crippen LogP contribution in [-0.2, 0) is 23.3 Å². The molecule has 0 aliphatic heterocycles. The number of hydrogen-bond donors (Lipinski definition) is 0. The van der Waals surface area contributed by atoms with Crippen molar-refractivity contribution in [2.45, 2.75) is 51.6 Å². The molecular formula is C37H33F4N3O4. The number of carbonyl (C=O) groups is 1. The van der Waals surface area contributed by atoms with Gasteiger partial charge in [-0.15, -0.1) is 0 Å². The summed E-state index contributed by atoms with van der Waals surface area (Å²) in [5.74, 6) is -1.21. The van der Waals surface area contributed by atoms with E-state index in [1.165, 1.54) is 23.1 Å². The zero-order valence-electron chi connectivity index (χ0n) is 26.2. The predicted octanol–water partition coefficient (Wildman–Crippen LogP) is 9.13. The second kappa shape index (κ2) is 15.4. The molecule has 248 valence electrons. The Hall–Kier alpha value is -5.45. The van der Waals surface area contributed by atoms with Crippen LogP contribution in [0.4, 0.5) is 28.2 Å². The van der Waals surface area contributed by atoms with Gasteiger partial charge in [0.25, 0.3) is 0 Å². The third kappa shape index (κ3) is 8.47. The molecule has 0 saturated carbocycles. The summed E-state index contributed by atoms with van der Waals surface area (Å²) < 4.78 is 67.3. The van der Waals surface area contributed by atoms with E-state index in [0.717, 1.165) is 16.7 Å². The highest BCUT2D eigenvalue weighted by molar-refractivity contribution is 5.88. The standard InChI is InChI=1S/C37H33F4N3O4/c1-37(2,29-11-7-4-8-12-29)44(36(45)46-24-26-9-5-3-6-10-26)33-16-14-28(23-43-33)30(21-25-17-19-42-20-18-25)27-13-15-31(47-34(38)39)32(22-27)48-35(40)41/h3-20,22-23,30,34-35H,21,24H2,1-2H3. The summed E-state index contributed by atoms with van der Waals surface area (Å²) in [6.45, 7) is -2.66. The van der Waals surface area contributed by atoms with Crippen molar-refractivity contribution in [1.82, 2.24) is 9.97 Å². The minimum Gasteiger partial charge on any atom is -0.444 e. The molecule has 2 aromatic heterocycles. The number of nitrogens with zero attached hydrogens (tertiary/aromatic N) is 3. The number of amides is 1. The van der Waals surface area contributed by atoms with Crippen LogP contribution in [0.15, 0.2) is 122 Å². The van der Waals surface area contributed by atoms with Gasteiger partial charge in [0.05, 0.1) is 5.54 Å². The first kappa shape index (κ1) is 33.9. The first-order chi connectivity index (χ1) is 23.1. The van der Waals surface area contributed by atoms with Crippen LogP contribution in [0.25, 0.3) is 0 Å². The van der Waals surface area contributed by atoms with Crippen molar-refractivity contribution in [2.75, 3.05) is 4.90 Å². The summed E-state index contributed by atoms with van der Waals surface area (Å²) in [5, 5.41) is 0.